The number of ether oxygens (including phenoxy) is 1. The summed E-state index contributed by atoms with van der Waals surface area (Å²) in [6, 6.07) is 1.79. The van der Waals surface area contributed by atoms with Crippen molar-refractivity contribution in [3.8, 4) is 0 Å². The van der Waals surface area contributed by atoms with Crippen LogP contribution >= 0.6 is 15.9 Å². The van der Waals surface area contributed by atoms with Gasteiger partial charge in [0, 0.05) is 16.9 Å². The molecule has 1 aliphatic rings. The highest BCUT2D eigenvalue weighted by Crippen LogP contribution is 2.23. The summed E-state index contributed by atoms with van der Waals surface area (Å²) >= 11 is 3.38. The molecule has 2 rings (SSSR count). The van der Waals surface area contributed by atoms with E-state index in [1.54, 1.807) is 12.4 Å². The molecule has 1 N–H and O–H groups in total. The SMILES string of the molecule is O=C1COC[C@H](c2ccncc2Br)N1. The molecule has 1 aromatic rings. The van der Waals surface area contributed by atoms with Gasteiger partial charge >= 0.3 is 0 Å². The maximum Gasteiger partial charge on any atom is 0.246 e. The molecule has 0 bridgehead atoms. The predicted molar refractivity (Wildman–Crippen MR) is 53.6 cm³/mol. The van der Waals surface area contributed by atoms with Crippen molar-refractivity contribution in [3.63, 3.8) is 0 Å². The lowest BCUT2D eigenvalue weighted by Gasteiger charge is -2.24. The summed E-state index contributed by atoms with van der Waals surface area (Å²) in [5.74, 6) is -0.0787. The largest absolute Gasteiger partial charge is 0.369 e. The highest BCUT2D eigenvalue weighted by Gasteiger charge is 2.21. The molecule has 1 atom stereocenters. The van der Waals surface area contributed by atoms with Gasteiger partial charge in [0.15, 0.2) is 0 Å². The first-order valence-corrected chi connectivity index (χ1v) is 5.03. The van der Waals surface area contributed by atoms with Gasteiger partial charge in [0.2, 0.25) is 5.91 Å². The molecule has 2 heterocycles. The molecule has 1 fully saturated rings. The lowest BCUT2D eigenvalue weighted by atomic mass is 10.1. The lowest BCUT2D eigenvalue weighted by molar-refractivity contribution is -0.131. The number of nitrogens with one attached hydrogen (secondary N) is 1. The van der Waals surface area contributed by atoms with E-state index < -0.39 is 0 Å². The first-order chi connectivity index (χ1) is 6.77. The zero-order valence-electron chi connectivity index (χ0n) is 7.37. The maximum atomic E-state index is 11.1. The van der Waals surface area contributed by atoms with Gasteiger partial charge in [-0.3, -0.25) is 9.78 Å². The van der Waals surface area contributed by atoms with Gasteiger partial charge in [0.1, 0.15) is 6.61 Å². The second-order valence-corrected chi connectivity index (χ2v) is 3.89. The third-order valence-electron chi connectivity index (χ3n) is 2.03. The number of halogens is 1. The van der Waals surface area contributed by atoms with E-state index in [9.17, 15) is 4.79 Å². The summed E-state index contributed by atoms with van der Waals surface area (Å²) in [5, 5.41) is 2.85. The quantitative estimate of drug-likeness (QED) is 0.817. The Bertz CT molecular complexity index is 356. The molecule has 5 heteroatoms. The summed E-state index contributed by atoms with van der Waals surface area (Å²) in [5.41, 5.74) is 0.994. The Balaban J connectivity index is 2.22. The highest BCUT2D eigenvalue weighted by atomic mass is 79.9. The van der Waals surface area contributed by atoms with Crippen LogP contribution in [0.2, 0.25) is 0 Å². The van der Waals surface area contributed by atoms with Crippen molar-refractivity contribution >= 4 is 21.8 Å². The number of pyridine rings is 1. The molecule has 4 nitrogen and oxygen atoms in total. The van der Waals surface area contributed by atoms with Gasteiger partial charge in [-0.2, -0.15) is 0 Å². The molecule has 0 unspecified atom stereocenters. The number of aromatic nitrogens is 1. The summed E-state index contributed by atoms with van der Waals surface area (Å²) in [7, 11) is 0. The fourth-order valence-electron chi connectivity index (χ4n) is 1.38. The molecule has 0 saturated carbocycles. The normalized spacial score (nSPS) is 21.8. The van der Waals surface area contributed by atoms with Crippen LogP contribution < -0.4 is 5.32 Å². The van der Waals surface area contributed by atoms with Crippen LogP contribution in [0, 0.1) is 0 Å². The maximum absolute atomic E-state index is 11.1. The molecular weight excluding hydrogens is 248 g/mol. The molecular formula is C9H9BrN2O2. The van der Waals surface area contributed by atoms with Crippen LogP contribution in [0.15, 0.2) is 22.9 Å². The third kappa shape index (κ3) is 1.93. The molecule has 0 spiro atoms. The first kappa shape index (κ1) is 9.61. The molecule has 1 aromatic heterocycles. The Morgan fingerprint density at radius 3 is 3.21 bits per heavy atom. The molecule has 0 aromatic carbocycles. The summed E-state index contributed by atoms with van der Waals surface area (Å²) < 4.78 is 6.04. The Morgan fingerprint density at radius 1 is 1.64 bits per heavy atom. The molecule has 74 valence electrons. The summed E-state index contributed by atoms with van der Waals surface area (Å²) in [6.07, 6.45) is 3.40. The standard InChI is InChI=1S/C9H9BrN2O2/c10-7-3-11-2-1-6(7)8-4-14-5-9(13)12-8/h1-3,8H,4-5H2,(H,12,13)/t8-/m1/s1. The predicted octanol–water partition coefficient (Wildman–Crippen LogP) is 1.03. The fraction of sp³-hybridized carbons (Fsp3) is 0.333. The Kier molecular flexibility index (Phi) is 2.79. The van der Waals surface area contributed by atoms with Gasteiger partial charge in [-0.25, -0.2) is 0 Å². The number of hydrogen-bond acceptors (Lipinski definition) is 3. The second-order valence-electron chi connectivity index (χ2n) is 3.03. The number of carbonyl (C=O) groups is 1. The monoisotopic (exact) mass is 256 g/mol. The topological polar surface area (TPSA) is 51.2 Å². The molecule has 14 heavy (non-hydrogen) atoms. The van der Waals surface area contributed by atoms with E-state index in [-0.39, 0.29) is 18.6 Å². The lowest BCUT2D eigenvalue weighted by Crippen LogP contribution is -2.39. The van der Waals surface area contributed by atoms with Crippen molar-refractivity contribution in [2.45, 2.75) is 6.04 Å². The molecule has 1 saturated heterocycles. The van der Waals surface area contributed by atoms with Gasteiger partial charge < -0.3 is 10.1 Å². The van der Waals surface area contributed by atoms with Crippen molar-refractivity contribution in [2.75, 3.05) is 13.2 Å². The van der Waals surface area contributed by atoms with E-state index >= 15 is 0 Å². The Labute approximate surface area is 89.8 Å². The van der Waals surface area contributed by atoms with Gasteiger partial charge in [0.05, 0.1) is 12.6 Å². The van der Waals surface area contributed by atoms with E-state index in [1.165, 1.54) is 0 Å². The van der Waals surface area contributed by atoms with Crippen LogP contribution in [0.5, 0.6) is 0 Å². The number of amides is 1. The number of rotatable bonds is 1. The van der Waals surface area contributed by atoms with E-state index in [1.807, 2.05) is 6.07 Å². The molecule has 0 aliphatic carbocycles. The number of hydrogen-bond donors (Lipinski definition) is 1. The van der Waals surface area contributed by atoms with Crippen molar-refractivity contribution in [1.29, 1.82) is 0 Å². The van der Waals surface area contributed by atoms with Crippen LogP contribution in [0.3, 0.4) is 0 Å². The molecule has 1 amide bonds. The zero-order chi connectivity index (χ0) is 9.97. The minimum Gasteiger partial charge on any atom is -0.369 e. The minimum atomic E-state index is -0.0787. The van der Waals surface area contributed by atoms with Crippen LogP contribution in [-0.4, -0.2) is 24.1 Å². The summed E-state index contributed by atoms with van der Waals surface area (Å²) in [6.45, 7) is 0.660. The van der Waals surface area contributed by atoms with Gasteiger partial charge in [-0.05, 0) is 27.6 Å². The van der Waals surface area contributed by atoms with E-state index in [0.717, 1.165) is 10.0 Å². The van der Waals surface area contributed by atoms with Gasteiger partial charge in [-0.15, -0.1) is 0 Å². The number of carbonyl (C=O) groups excluding carboxylic acids is 1. The highest BCUT2D eigenvalue weighted by molar-refractivity contribution is 9.10. The Morgan fingerprint density at radius 2 is 2.50 bits per heavy atom. The van der Waals surface area contributed by atoms with Crippen LogP contribution in [0.25, 0.3) is 0 Å². The third-order valence-corrected chi connectivity index (χ3v) is 2.69. The fourth-order valence-corrected chi connectivity index (χ4v) is 1.91. The number of morpholine rings is 1. The van der Waals surface area contributed by atoms with Crippen LogP contribution in [0.1, 0.15) is 11.6 Å². The van der Waals surface area contributed by atoms with Gasteiger partial charge in [-0.1, -0.05) is 0 Å². The van der Waals surface area contributed by atoms with Crippen LogP contribution in [-0.2, 0) is 9.53 Å². The van der Waals surface area contributed by atoms with Crippen molar-refractivity contribution in [3.05, 3.63) is 28.5 Å². The minimum absolute atomic E-state index is 0.0753. The zero-order valence-corrected chi connectivity index (χ0v) is 8.95. The van der Waals surface area contributed by atoms with E-state index in [0.29, 0.717) is 6.61 Å². The summed E-state index contributed by atoms with van der Waals surface area (Å²) in [4.78, 5) is 15.0. The molecule has 0 radical (unpaired) electrons. The van der Waals surface area contributed by atoms with Gasteiger partial charge in [0.25, 0.3) is 0 Å². The van der Waals surface area contributed by atoms with Crippen molar-refractivity contribution < 1.29 is 9.53 Å². The van der Waals surface area contributed by atoms with Crippen LogP contribution in [0.4, 0.5) is 0 Å². The van der Waals surface area contributed by atoms with Crippen molar-refractivity contribution in [1.82, 2.24) is 10.3 Å². The Hall–Kier alpha value is -0.940. The smallest absolute Gasteiger partial charge is 0.246 e. The average molecular weight is 257 g/mol. The van der Waals surface area contributed by atoms with E-state index in [4.69, 9.17) is 4.74 Å². The van der Waals surface area contributed by atoms with E-state index in [2.05, 4.69) is 26.2 Å². The molecule has 1 aliphatic heterocycles. The average Bonchev–Trinajstić information content (AvgIpc) is 2.18. The van der Waals surface area contributed by atoms with Crippen molar-refractivity contribution in [2.24, 2.45) is 0 Å². The first-order valence-electron chi connectivity index (χ1n) is 4.24. The number of nitrogens with zero attached hydrogens (tertiary/aromatic N) is 1. The second kappa shape index (κ2) is 4.06.